The summed E-state index contributed by atoms with van der Waals surface area (Å²) in [6, 6.07) is 14.1. The van der Waals surface area contributed by atoms with Crippen molar-refractivity contribution in [3.05, 3.63) is 69.7 Å². The molecule has 0 aromatic heterocycles. The van der Waals surface area contributed by atoms with E-state index in [2.05, 4.69) is 10.6 Å². The molecule has 2 aromatic rings. The van der Waals surface area contributed by atoms with Crippen molar-refractivity contribution in [3.63, 3.8) is 0 Å². The summed E-state index contributed by atoms with van der Waals surface area (Å²) in [5, 5.41) is 25.8. The van der Waals surface area contributed by atoms with Crippen LogP contribution in [0, 0.1) is 0 Å². The van der Waals surface area contributed by atoms with Gasteiger partial charge in [-0.15, -0.1) is 0 Å². The molecule has 0 bridgehead atoms. The minimum absolute atomic E-state index is 0.234. The third-order valence-corrected chi connectivity index (χ3v) is 4.48. The Morgan fingerprint density at radius 3 is 2.40 bits per heavy atom. The van der Waals surface area contributed by atoms with Gasteiger partial charge in [-0.25, -0.2) is 4.79 Å². The lowest BCUT2D eigenvalue weighted by Gasteiger charge is -2.23. The van der Waals surface area contributed by atoms with E-state index in [1.165, 1.54) is 0 Å². The van der Waals surface area contributed by atoms with E-state index >= 15 is 0 Å². The molecule has 5 nitrogen and oxygen atoms in total. The summed E-state index contributed by atoms with van der Waals surface area (Å²) in [7, 11) is 0. The first kappa shape index (κ1) is 19.5. The van der Waals surface area contributed by atoms with Crippen LogP contribution in [0.5, 0.6) is 0 Å². The van der Waals surface area contributed by atoms with E-state index in [-0.39, 0.29) is 6.54 Å². The number of carboxylic acid groups (broad SMARTS) is 1. The predicted octanol–water partition coefficient (Wildman–Crippen LogP) is 3.32. The third-order valence-electron chi connectivity index (χ3n) is 3.74. The van der Waals surface area contributed by atoms with Crippen molar-refractivity contribution in [2.24, 2.45) is 0 Å². The zero-order valence-electron chi connectivity index (χ0n) is 13.5. The Labute approximate surface area is 156 Å². The smallest absolute Gasteiger partial charge is 0.404 e. The van der Waals surface area contributed by atoms with Crippen LogP contribution in [0.2, 0.25) is 10.0 Å². The summed E-state index contributed by atoms with van der Waals surface area (Å²) in [5.74, 6) is 0. The largest absolute Gasteiger partial charge is 0.465 e. The molecule has 0 heterocycles. The number of rotatable bonds is 8. The summed E-state index contributed by atoms with van der Waals surface area (Å²) in [6.07, 6.45) is -1.63. The van der Waals surface area contributed by atoms with E-state index in [1.807, 2.05) is 36.4 Å². The zero-order valence-corrected chi connectivity index (χ0v) is 15.0. The van der Waals surface area contributed by atoms with Crippen LogP contribution in [0.3, 0.4) is 0 Å². The van der Waals surface area contributed by atoms with Gasteiger partial charge >= 0.3 is 6.09 Å². The van der Waals surface area contributed by atoms with Gasteiger partial charge in [0.25, 0.3) is 0 Å². The third kappa shape index (κ3) is 6.55. The number of hydrogen-bond acceptors (Lipinski definition) is 3. The highest BCUT2D eigenvalue weighted by Crippen LogP contribution is 2.22. The van der Waals surface area contributed by atoms with Crippen LogP contribution in [-0.4, -0.2) is 35.0 Å². The van der Waals surface area contributed by atoms with Crippen LogP contribution < -0.4 is 10.6 Å². The van der Waals surface area contributed by atoms with Crippen LogP contribution in [0.1, 0.15) is 11.1 Å². The fourth-order valence-corrected chi connectivity index (χ4v) is 2.79. The minimum atomic E-state index is -1.16. The van der Waals surface area contributed by atoms with Crippen molar-refractivity contribution in [3.8, 4) is 0 Å². The number of carbonyl (C=O) groups is 1. The molecule has 0 aliphatic rings. The molecule has 7 heteroatoms. The Morgan fingerprint density at radius 1 is 1.04 bits per heavy atom. The standard InChI is InChI=1S/C18H20Cl2N2O3/c19-14-7-6-13(8-15(14)20)10-21-11-17(23)16(22-18(24)25)9-12-4-2-1-3-5-12/h1-8,16-17,21-23H,9-11H2,(H,24,25)/t16-,17+/m0/s1. The lowest BCUT2D eigenvalue weighted by Crippen LogP contribution is -2.48. The van der Waals surface area contributed by atoms with Gasteiger partial charge in [-0.05, 0) is 29.7 Å². The molecule has 25 heavy (non-hydrogen) atoms. The number of nitrogens with one attached hydrogen (secondary N) is 2. The average molecular weight is 383 g/mol. The summed E-state index contributed by atoms with van der Waals surface area (Å²) >= 11 is 11.8. The fraction of sp³-hybridized carbons (Fsp3) is 0.278. The van der Waals surface area contributed by atoms with Crippen LogP contribution in [-0.2, 0) is 13.0 Å². The number of aliphatic hydroxyl groups is 1. The van der Waals surface area contributed by atoms with Gasteiger partial charge in [0.15, 0.2) is 0 Å². The normalized spacial score (nSPS) is 13.2. The minimum Gasteiger partial charge on any atom is -0.465 e. The molecule has 0 radical (unpaired) electrons. The van der Waals surface area contributed by atoms with Crippen LogP contribution in [0.15, 0.2) is 48.5 Å². The van der Waals surface area contributed by atoms with E-state index in [4.69, 9.17) is 28.3 Å². The zero-order chi connectivity index (χ0) is 18.2. The van der Waals surface area contributed by atoms with Gasteiger partial charge in [0.05, 0.1) is 22.2 Å². The van der Waals surface area contributed by atoms with Gasteiger partial charge in [0.1, 0.15) is 0 Å². The number of aliphatic hydroxyl groups excluding tert-OH is 1. The topological polar surface area (TPSA) is 81.6 Å². The first-order valence-corrected chi connectivity index (χ1v) is 8.57. The quantitative estimate of drug-likeness (QED) is 0.564. The molecular formula is C18H20Cl2N2O3. The molecule has 0 saturated carbocycles. The van der Waals surface area contributed by atoms with Gasteiger partial charge in [-0.2, -0.15) is 0 Å². The molecule has 0 unspecified atom stereocenters. The highest BCUT2D eigenvalue weighted by atomic mass is 35.5. The second kappa shape index (κ2) is 9.63. The lowest BCUT2D eigenvalue weighted by atomic mass is 10.0. The van der Waals surface area contributed by atoms with E-state index < -0.39 is 18.2 Å². The van der Waals surface area contributed by atoms with Crippen LogP contribution >= 0.6 is 23.2 Å². The predicted molar refractivity (Wildman–Crippen MR) is 99.3 cm³/mol. The molecular weight excluding hydrogens is 363 g/mol. The van der Waals surface area contributed by atoms with Gasteiger partial charge in [0, 0.05) is 13.1 Å². The molecule has 1 amide bonds. The molecule has 0 fully saturated rings. The van der Waals surface area contributed by atoms with Crippen molar-refractivity contribution >= 4 is 29.3 Å². The van der Waals surface area contributed by atoms with Crippen molar-refractivity contribution < 1.29 is 15.0 Å². The maximum atomic E-state index is 11.0. The summed E-state index contributed by atoms with van der Waals surface area (Å²) < 4.78 is 0. The van der Waals surface area contributed by atoms with E-state index in [1.54, 1.807) is 12.1 Å². The summed E-state index contributed by atoms with van der Waals surface area (Å²) in [6.45, 7) is 0.719. The summed E-state index contributed by atoms with van der Waals surface area (Å²) in [5.41, 5.74) is 1.87. The number of amides is 1. The Morgan fingerprint density at radius 2 is 1.76 bits per heavy atom. The van der Waals surface area contributed by atoms with Crippen molar-refractivity contribution in [1.29, 1.82) is 0 Å². The highest BCUT2D eigenvalue weighted by molar-refractivity contribution is 6.42. The number of hydrogen-bond donors (Lipinski definition) is 4. The monoisotopic (exact) mass is 382 g/mol. The fourth-order valence-electron chi connectivity index (χ4n) is 2.47. The van der Waals surface area contributed by atoms with Gasteiger partial charge in [-0.1, -0.05) is 59.6 Å². The van der Waals surface area contributed by atoms with E-state index in [0.717, 1.165) is 11.1 Å². The SMILES string of the molecule is O=C(O)N[C@@H](Cc1ccccc1)[C@H](O)CNCc1ccc(Cl)c(Cl)c1. The second-order valence-electron chi connectivity index (χ2n) is 5.69. The van der Waals surface area contributed by atoms with Crippen molar-refractivity contribution in [2.75, 3.05) is 6.54 Å². The lowest BCUT2D eigenvalue weighted by molar-refractivity contribution is 0.117. The average Bonchev–Trinajstić information content (AvgIpc) is 2.58. The Kier molecular flexibility index (Phi) is 7.52. The first-order chi connectivity index (χ1) is 12.0. The second-order valence-corrected chi connectivity index (χ2v) is 6.51. The van der Waals surface area contributed by atoms with Gasteiger partial charge in [0.2, 0.25) is 0 Å². The van der Waals surface area contributed by atoms with Crippen LogP contribution in [0.4, 0.5) is 4.79 Å². The number of halogens is 2. The Bertz CT molecular complexity index is 698. The molecule has 2 aromatic carbocycles. The number of benzene rings is 2. The maximum absolute atomic E-state index is 11.0. The molecule has 0 spiro atoms. The molecule has 0 aliphatic carbocycles. The molecule has 134 valence electrons. The van der Waals surface area contributed by atoms with Gasteiger partial charge in [-0.3, -0.25) is 0 Å². The molecule has 0 saturated heterocycles. The molecule has 0 aliphatic heterocycles. The van der Waals surface area contributed by atoms with Crippen molar-refractivity contribution in [1.82, 2.24) is 10.6 Å². The van der Waals surface area contributed by atoms with Crippen LogP contribution in [0.25, 0.3) is 0 Å². The Hall–Kier alpha value is -1.79. The molecule has 4 N–H and O–H groups in total. The first-order valence-electron chi connectivity index (χ1n) is 7.82. The molecule has 2 rings (SSSR count). The highest BCUT2D eigenvalue weighted by Gasteiger charge is 2.21. The maximum Gasteiger partial charge on any atom is 0.404 e. The summed E-state index contributed by atoms with van der Waals surface area (Å²) in [4.78, 5) is 11.0. The van der Waals surface area contributed by atoms with E-state index in [9.17, 15) is 9.90 Å². The van der Waals surface area contributed by atoms with Gasteiger partial charge < -0.3 is 20.8 Å². The van der Waals surface area contributed by atoms with E-state index in [0.29, 0.717) is 23.0 Å². The Balaban J connectivity index is 1.90. The van der Waals surface area contributed by atoms with Crippen molar-refractivity contribution in [2.45, 2.75) is 25.1 Å². The molecule has 2 atom stereocenters.